The molecule has 1 aliphatic rings. The zero-order valence-corrected chi connectivity index (χ0v) is 8.30. The van der Waals surface area contributed by atoms with E-state index in [1.165, 1.54) is 0 Å². The van der Waals surface area contributed by atoms with E-state index in [9.17, 15) is 18.0 Å². The zero-order valence-electron chi connectivity index (χ0n) is 8.30. The molecular formula is C12H4F3NO. The molecule has 0 saturated carbocycles. The van der Waals surface area contributed by atoms with Crippen molar-refractivity contribution in [1.29, 1.82) is 0 Å². The maximum atomic E-state index is 13.6. The fraction of sp³-hybridized carbons (Fsp3) is 0. The maximum Gasteiger partial charge on any atom is 0.196 e. The molecule has 0 radical (unpaired) electrons. The van der Waals surface area contributed by atoms with Crippen molar-refractivity contribution < 1.29 is 18.0 Å². The second-order valence-corrected chi connectivity index (χ2v) is 3.69. The largest absolute Gasteiger partial charge is 0.288 e. The first-order chi connectivity index (χ1) is 8.08. The summed E-state index contributed by atoms with van der Waals surface area (Å²) in [5.74, 6) is -3.01. The van der Waals surface area contributed by atoms with E-state index in [-0.39, 0.29) is 22.4 Å². The quantitative estimate of drug-likeness (QED) is 0.599. The number of ketones is 1. The van der Waals surface area contributed by atoms with Crippen LogP contribution in [-0.4, -0.2) is 10.8 Å². The summed E-state index contributed by atoms with van der Waals surface area (Å²) in [5.41, 5.74) is -0.157. The Morgan fingerprint density at radius 2 is 1.65 bits per heavy atom. The average molecular weight is 235 g/mol. The lowest BCUT2D eigenvalue weighted by Gasteiger charge is -2.00. The topological polar surface area (TPSA) is 30.0 Å². The van der Waals surface area contributed by atoms with Gasteiger partial charge in [0.15, 0.2) is 5.78 Å². The molecule has 84 valence electrons. The first kappa shape index (κ1) is 10.0. The number of pyridine rings is 1. The first-order valence-electron chi connectivity index (χ1n) is 4.77. The molecule has 0 bridgehead atoms. The lowest BCUT2D eigenvalue weighted by atomic mass is 10.1. The number of hydrogen-bond acceptors (Lipinski definition) is 2. The van der Waals surface area contributed by atoms with Gasteiger partial charge in [0, 0.05) is 17.2 Å². The van der Waals surface area contributed by atoms with E-state index in [2.05, 4.69) is 4.98 Å². The molecule has 1 aromatic heterocycles. The van der Waals surface area contributed by atoms with Crippen LogP contribution < -0.4 is 0 Å². The Kier molecular flexibility index (Phi) is 1.86. The summed E-state index contributed by atoms with van der Waals surface area (Å²) >= 11 is 0. The van der Waals surface area contributed by atoms with Crippen LogP contribution >= 0.6 is 0 Å². The molecule has 0 atom stereocenters. The highest BCUT2D eigenvalue weighted by atomic mass is 19.1. The minimum absolute atomic E-state index is 0.0375. The van der Waals surface area contributed by atoms with Gasteiger partial charge < -0.3 is 0 Å². The monoisotopic (exact) mass is 235 g/mol. The van der Waals surface area contributed by atoms with E-state index in [0.717, 1.165) is 18.3 Å². The number of rotatable bonds is 0. The molecule has 0 fully saturated rings. The predicted octanol–water partition coefficient (Wildman–Crippen LogP) is 2.71. The SMILES string of the molecule is O=C1c2cc(F)cnc2-c2c(F)cc(F)cc21. The Labute approximate surface area is 93.7 Å². The zero-order chi connectivity index (χ0) is 12.2. The first-order valence-corrected chi connectivity index (χ1v) is 4.77. The smallest absolute Gasteiger partial charge is 0.196 e. The normalized spacial score (nSPS) is 12.5. The average Bonchev–Trinajstić information content (AvgIpc) is 2.53. The molecule has 1 aromatic carbocycles. The summed E-state index contributed by atoms with van der Waals surface area (Å²) in [5, 5.41) is 0. The van der Waals surface area contributed by atoms with E-state index >= 15 is 0 Å². The number of carbonyl (C=O) groups is 1. The highest BCUT2D eigenvalue weighted by Crippen LogP contribution is 2.37. The van der Waals surface area contributed by atoms with Crippen LogP contribution in [0.25, 0.3) is 11.3 Å². The number of halogens is 3. The molecule has 1 aliphatic carbocycles. The fourth-order valence-electron chi connectivity index (χ4n) is 1.95. The van der Waals surface area contributed by atoms with Crippen LogP contribution in [0.5, 0.6) is 0 Å². The van der Waals surface area contributed by atoms with Crippen molar-refractivity contribution in [1.82, 2.24) is 4.98 Å². The Morgan fingerprint density at radius 3 is 2.41 bits per heavy atom. The predicted molar refractivity (Wildman–Crippen MR) is 53.0 cm³/mol. The number of aromatic nitrogens is 1. The lowest BCUT2D eigenvalue weighted by Crippen LogP contribution is -1.97. The van der Waals surface area contributed by atoms with E-state index in [1.807, 2.05) is 0 Å². The third-order valence-electron chi connectivity index (χ3n) is 2.64. The third-order valence-corrected chi connectivity index (χ3v) is 2.64. The van der Waals surface area contributed by atoms with Crippen LogP contribution in [0.1, 0.15) is 15.9 Å². The number of carbonyl (C=O) groups excluding carboxylic acids is 1. The van der Waals surface area contributed by atoms with E-state index in [4.69, 9.17) is 0 Å². The van der Waals surface area contributed by atoms with Crippen molar-refractivity contribution in [2.24, 2.45) is 0 Å². The van der Waals surface area contributed by atoms with Crippen molar-refractivity contribution >= 4 is 5.78 Å². The van der Waals surface area contributed by atoms with Gasteiger partial charge in [-0.25, -0.2) is 13.2 Å². The van der Waals surface area contributed by atoms with Crippen LogP contribution in [0.4, 0.5) is 13.2 Å². The summed E-state index contributed by atoms with van der Waals surface area (Å²) in [7, 11) is 0. The molecule has 0 amide bonds. The van der Waals surface area contributed by atoms with Gasteiger partial charge in [-0.05, 0) is 12.1 Å². The molecule has 0 unspecified atom stereocenters. The van der Waals surface area contributed by atoms with Gasteiger partial charge in [-0.1, -0.05) is 0 Å². The molecule has 2 nitrogen and oxygen atoms in total. The third kappa shape index (κ3) is 1.28. The van der Waals surface area contributed by atoms with Gasteiger partial charge in [-0.3, -0.25) is 9.78 Å². The Balaban J connectivity index is 2.39. The molecule has 0 N–H and O–H groups in total. The highest BCUT2D eigenvalue weighted by Gasteiger charge is 2.31. The fourth-order valence-corrected chi connectivity index (χ4v) is 1.95. The van der Waals surface area contributed by atoms with Crippen LogP contribution in [0, 0.1) is 17.5 Å². The maximum absolute atomic E-state index is 13.6. The van der Waals surface area contributed by atoms with Crippen LogP contribution in [-0.2, 0) is 0 Å². The van der Waals surface area contributed by atoms with Crippen molar-refractivity contribution in [3.8, 4) is 11.3 Å². The number of nitrogens with zero attached hydrogens (tertiary/aromatic N) is 1. The molecule has 17 heavy (non-hydrogen) atoms. The molecule has 2 aromatic rings. The summed E-state index contributed by atoms with van der Waals surface area (Å²) in [6, 6.07) is 2.58. The standard InChI is InChI=1S/C12H4F3NO/c13-5-1-7-10(9(15)3-5)11-8(12(7)17)2-6(14)4-16-11/h1-4H. The second-order valence-electron chi connectivity index (χ2n) is 3.69. The second kappa shape index (κ2) is 3.16. The van der Waals surface area contributed by atoms with Gasteiger partial charge in [-0.15, -0.1) is 0 Å². The van der Waals surface area contributed by atoms with E-state index in [1.54, 1.807) is 0 Å². The summed E-state index contributed by atoms with van der Waals surface area (Å²) in [4.78, 5) is 15.5. The molecule has 0 spiro atoms. The van der Waals surface area contributed by atoms with Crippen molar-refractivity contribution in [2.75, 3.05) is 0 Å². The molecule has 0 aliphatic heterocycles. The minimum atomic E-state index is -0.869. The Morgan fingerprint density at radius 1 is 0.941 bits per heavy atom. The summed E-state index contributed by atoms with van der Waals surface area (Å²) in [6.07, 6.45) is 0.893. The number of fused-ring (bicyclic) bond motifs is 3. The van der Waals surface area contributed by atoms with Crippen molar-refractivity contribution in [3.05, 3.63) is 53.0 Å². The van der Waals surface area contributed by atoms with Gasteiger partial charge in [0.1, 0.15) is 17.5 Å². The lowest BCUT2D eigenvalue weighted by molar-refractivity contribution is 0.104. The van der Waals surface area contributed by atoms with Gasteiger partial charge in [-0.2, -0.15) is 0 Å². The van der Waals surface area contributed by atoms with Crippen LogP contribution in [0.2, 0.25) is 0 Å². The van der Waals surface area contributed by atoms with Gasteiger partial charge >= 0.3 is 0 Å². The van der Waals surface area contributed by atoms with Crippen molar-refractivity contribution in [3.63, 3.8) is 0 Å². The Bertz CT molecular complexity index is 667. The molecule has 5 heteroatoms. The number of benzene rings is 1. The van der Waals surface area contributed by atoms with Gasteiger partial charge in [0.2, 0.25) is 0 Å². The summed E-state index contributed by atoms with van der Waals surface area (Å²) < 4.78 is 39.5. The number of hydrogen-bond donors (Lipinski definition) is 0. The van der Waals surface area contributed by atoms with E-state index < -0.39 is 23.2 Å². The minimum Gasteiger partial charge on any atom is -0.288 e. The molecule has 3 rings (SSSR count). The van der Waals surface area contributed by atoms with Crippen LogP contribution in [0.3, 0.4) is 0 Å². The van der Waals surface area contributed by atoms with E-state index in [0.29, 0.717) is 6.07 Å². The van der Waals surface area contributed by atoms with Crippen LogP contribution in [0.15, 0.2) is 24.4 Å². The highest BCUT2D eigenvalue weighted by molar-refractivity contribution is 6.20. The van der Waals surface area contributed by atoms with Crippen molar-refractivity contribution in [2.45, 2.75) is 0 Å². The van der Waals surface area contributed by atoms with Gasteiger partial charge in [0.05, 0.1) is 17.5 Å². The molecular weight excluding hydrogens is 231 g/mol. The molecule has 1 heterocycles. The Hall–Kier alpha value is -2.17. The summed E-state index contributed by atoms with van der Waals surface area (Å²) in [6.45, 7) is 0. The van der Waals surface area contributed by atoms with Gasteiger partial charge in [0.25, 0.3) is 0 Å². The molecule has 0 saturated heterocycles.